The van der Waals surface area contributed by atoms with Crippen molar-refractivity contribution in [1.29, 1.82) is 0 Å². The summed E-state index contributed by atoms with van der Waals surface area (Å²) in [6.07, 6.45) is 0.755. The first-order chi connectivity index (χ1) is 21.3. The van der Waals surface area contributed by atoms with Crippen LogP contribution < -0.4 is 15.5 Å². The van der Waals surface area contributed by atoms with Gasteiger partial charge in [-0.25, -0.2) is 4.79 Å². The monoisotopic (exact) mass is 645 g/mol. The Labute approximate surface area is 271 Å². The number of nitrogens with zero attached hydrogens (tertiary/aromatic N) is 1. The number of phenols is 2. The lowest BCUT2D eigenvalue weighted by Crippen LogP contribution is -2.49. The number of carbonyl (C=O) groups is 3. The molecule has 2 aliphatic rings. The van der Waals surface area contributed by atoms with Crippen LogP contribution in [0.25, 0.3) is 0 Å². The first-order valence-electron chi connectivity index (χ1n) is 14.3. The number of fused-ring (bicyclic) bond motifs is 2. The second-order valence-corrected chi connectivity index (χ2v) is 11.8. The van der Waals surface area contributed by atoms with E-state index < -0.39 is 18.1 Å². The van der Waals surface area contributed by atoms with Gasteiger partial charge in [-0.15, -0.1) is 12.4 Å². The highest BCUT2D eigenvalue weighted by molar-refractivity contribution is 7.99. The zero-order valence-corrected chi connectivity index (χ0v) is 26.0. The fourth-order valence-corrected chi connectivity index (χ4v) is 6.70. The highest BCUT2D eigenvalue weighted by Gasteiger charge is 2.31. The Hall–Kier alpha value is -4.51. The predicted octanol–water partition coefficient (Wildman–Crippen LogP) is 5.69. The third kappa shape index (κ3) is 6.63. The van der Waals surface area contributed by atoms with Crippen LogP contribution >= 0.6 is 24.2 Å². The standard InChI is InChI=1S/C34H31N3O6S.ClH/c1-37-25-5-2-3-7-28(25)44-29-17-16-26(39)30(31(29)37)32(40)20-8-10-22(11-9-20)34(42)43-27-6-4-18-35-19-24(27)36-33(41)21-12-14-23(38)15-13-21;/h2-3,5,7-17,24,27,35,38-39H,4,6,18-19H2,1H3,(H,36,41);1H/t24-,27-;/m1./s1. The lowest BCUT2D eigenvalue weighted by Gasteiger charge is -2.31. The Morgan fingerprint density at radius 2 is 1.58 bits per heavy atom. The molecule has 0 radical (unpaired) electrons. The van der Waals surface area contributed by atoms with Crippen molar-refractivity contribution in [2.75, 3.05) is 25.0 Å². The molecular formula is C34H32ClN3O6S. The summed E-state index contributed by atoms with van der Waals surface area (Å²) in [5.41, 5.74) is 2.74. The van der Waals surface area contributed by atoms with Gasteiger partial charge < -0.3 is 30.5 Å². The summed E-state index contributed by atoms with van der Waals surface area (Å²) < 4.78 is 5.88. The minimum absolute atomic E-state index is 0. The molecule has 11 heteroatoms. The van der Waals surface area contributed by atoms with E-state index in [1.807, 2.05) is 36.2 Å². The molecule has 232 valence electrons. The van der Waals surface area contributed by atoms with E-state index in [2.05, 4.69) is 10.6 Å². The normalized spacial score (nSPS) is 17.1. The molecule has 9 nitrogen and oxygen atoms in total. The zero-order chi connectivity index (χ0) is 30.8. The number of hydrogen-bond acceptors (Lipinski definition) is 9. The van der Waals surface area contributed by atoms with Gasteiger partial charge in [0.05, 0.1) is 28.5 Å². The molecule has 2 aliphatic heterocycles. The Bertz CT molecular complexity index is 1730. The zero-order valence-electron chi connectivity index (χ0n) is 24.4. The molecule has 0 aromatic heterocycles. The number of esters is 1. The first-order valence-corrected chi connectivity index (χ1v) is 15.1. The van der Waals surface area contributed by atoms with Crippen LogP contribution in [0.3, 0.4) is 0 Å². The van der Waals surface area contributed by atoms with E-state index in [1.165, 1.54) is 42.5 Å². The lowest BCUT2D eigenvalue weighted by molar-refractivity contribution is 0.0192. The number of carbonyl (C=O) groups excluding carboxylic acids is 3. The topological polar surface area (TPSA) is 128 Å². The summed E-state index contributed by atoms with van der Waals surface area (Å²) >= 11 is 1.54. The molecule has 0 unspecified atom stereocenters. The van der Waals surface area contributed by atoms with Crippen molar-refractivity contribution < 1.29 is 29.3 Å². The van der Waals surface area contributed by atoms with E-state index in [0.717, 1.165) is 28.4 Å². The number of ether oxygens (including phenoxy) is 1. The second-order valence-electron chi connectivity index (χ2n) is 10.8. The van der Waals surface area contributed by atoms with Gasteiger partial charge >= 0.3 is 5.97 Å². The molecule has 45 heavy (non-hydrogen) atoms. The molecule has 0 saturated carbocycles. The maximum atomic E-state index is 13.7. The number of hydrogen-bond donors (Lipinski definition) is 4. The van der Waals surface area contributed by atoms with Crippen molar-refractivity contribution in [2.45, 2.75) is 34.8 Å². The Morgan fingerprint density at radius 1 is 0.889 bits per heavy atom. The molecule has 0 bridgehead atoms. The fraction of sp³-hybridized carbons (Fsp3) is 0.206. The number of aromatic hydroxyl groups is 2. The average Bonchev–Trinajstić information content (AvgIpc) is 3.26. The van der Waals surface area contributed by atoms with Crippen molar-refractivity contribution in [3.05, 3.63) is 107 Å². The van der Waals surface area contributed by atoms with Gasteiger partial charge in [-0.1, -0.05) is 36.0 Å². The van der Waals surface area contributed by atoms with E-state index in [1.54, 1.807) is 30.0 Å². The molecule has 4 aromatic rings. The molecular weight excluding hydrogens is 614 g/mol. The maximum Gasteiger partial charge on any atom is 0.338 e. The van der Waals surface area contributed by atoms with Crippen LogP contribution in [0.4, 0.5) is 11.4 Å². The van der Waals surface area contributed by atoms with Crippen molar-refractivity contribution in [2.24, 2.45) is 0 Å². The van der Waals surface area contributed by atoms with Gasteiger partial charge in [0.15, 0.2) is 5.78 Å². The number of nitrogens with one attached hydrogen (secondary N) is 2. The predicted molar refractivity (Wildman–Crippen MR) is 175 cm³/mol. The largest absolute Gasteiger partial charge is 0.508 e. The molecule has 0 aliphatic carbocycles. The molecule has 6 rings (SSSR count). The minimum Gasteiger partial charge on any atom is -0.508 e. The summed E-state index contributed by atoms with van der Waals surface area (Å²) in [5, 5.41) is 26.5. The summed E-state index contributed by atoms with van der Waals surface area (Å²) in [6.45, 7) is 1.16. The van der Waals surface area contributed by atoms with Crippen LogP contribution in [0, 0.1) is 0 Å². The molecule has 4 N–H and O–H groups in total. The molecule has 1 amide bonds. The number of ketones is 1. The van der Waals surface area contributed by atoms with Crippen LogP contribution in [0.5, 0.6) is 11.5 Å². The number of benzene rings is 4. The second kappa shape index (κ2) is 13.6. The molecule has 1 fully saturated rings. The van der Waals surface area contributed by atoms with Crippen LogP contribution in [0.2, 0.25) is 0 Å². The van der Waals surface area contributed by atoms with Crippen molar-refractivity contribution in [3.63, 3.8) is 0 Å². The van der Waals surface area contributed by atoms with E-state index in [4.69, 9.17) is 4.74 Å². The first kappa shape index (κ1) is 31.9. The van der Waals surface area contributed by atoms with Gasteiger partial charge in [0.25, 0.3) is 5.91 Å². The van der Waals surface area contributed by atoms with Gasteiger partial charge in [0, 0.05) is 34.5 Å². The van der Waals surface area contributed by atoms with Gasteiger partial charge in [-0.05, 0) is 80.1 Å². The number of rotatable bonds is 6. The SMILES string of the molecule is CN1c2ccccc2Sc2ccc(O)c(C(=O)c3ccc(C(=O)O[C@@H]4CCCNC[C@H]4NC(=O)c4ccc(O)cc4)cc3)c21.Cl. The van der Waals surface area contributed by atoms with Crippen molar-refractivity contribution in [1.82, 2.24) is 10.6 Å². The average molecular weight is 646 g/mol. The van der Waals surface area contributed by atoms with Gasteiger partial charge in [-0.2, -0.15) is 0 Å². The number of amides is 1. The number of anilines is 2. The van der Waals surface area contributed by atoms with E-state index in [9.17, 15) is 24.6 Å². The van der Waals surface area contributed by atoms with Crippen LogP contribution in [0.1, 0.15) is 49.5 Å². The van der Waals surface area contributed by atoms with Crippen molar-refractivity contribution in [3.8, 4) is 11.5 Å². The molecule has 0 spiro atoms. The molecule has 1 saturated heterocycles. The number of halogens is 1. The summed E-state index contributed by atoms with van der Waals surface area (Å²) in [4.78, 5) is 43.6. The van der Waals surface area contributed by atoms with E-state index >= 15 is 0 Å². The smallest absolute Gasteiger partial charge is 0.338 e. The molecule has 2 atom stereocenters. The Kier molecular flexibility index (Phi) is 9.67. The Morgan fingerprint density at radius 3 is 2.33 bits per heavy atom. The highest BCUT2D eigenvalue weighted by atomic mass is 35.5. The lowest BCUT2D eigenvalue weighted by atomic mass is 9.98. The van der Waals surface area contributed by atoms with Crippen LogP contribution in [-0.4, -0.2) is 60.2 Å². The number of para-hydroxylation sites is 1. The third-order valence-corrected chi connectivity index (χ3v) is 8.98. The van der Waals surface area contributed by atoms with Gasteiger partial charge in [-0.3, -0.25) is 9.59 Å². The van der Waals surface area contributed by atoms with E-state index in [-0.39, 0.29) is 46.7 Å². The van der Waals surface area contributed by atoms with Crippen molar-refractivity contribution >= 4 is 53.2 Å². The quantitative estimate of drug-likeness (QED) is 0.154. The van der Waals surface area contributed by atoms with Gasteiger partial charge in [0.2, 0.25) is 0 Å². The fourth-order valence-electron chi connectivity index (χ4n) is 5.54. The highest BCUT2D eigenvalue weighted by Crippen LogP contribution is 2.50. The summed E-state index contributed by atoms with van der Waals surface area (Å²) in [5.74, 6) is -1.31. The number of phenolic OH excluding ortho intramolecular Hbond substituents is 2. The van der Waals surface area contributed by atoms with Crippen LogP contribution in [0.15, 0.2) is 94.7 Å². The summed E-state index contributed by atoms with van der Waals surface area (Å²) in [7, 11) is 1.87. The Balaban J connectivity index is 0.00000400. The van der Waals surface area contributed by atoms with Crippen LogP contribution in [-0.2, 0) is 4.74 Å². The summed E-state index contributed by atoms with van der Waals surface area (Å²) in [6, 6.07) is 22.9. The molecule has 2 heterocycles. The third-order valence-electron chi connectivity index (χ3n) is 7.87. The molecule has 4 aromatic carbocycles. The van der Waals surface area contributed by atoms with Gasteiger partial charge in [0.1, 0.15) is 17.6 Å². The van der Waals surface area contributed by atoms with E-state index in [0.29, 0.717) is 29.8 Å². The minimum atomic E-state index is -0.566. The maximum absolute atomic E-state index is 13.7.